The number of rotatable bonds is 0. The summed E-state index contributed by atoms with van der Waals surface area (Å²) in [5.41, 5.74) is 1.58. The van der Waals surface area contributed by atoms with Gasteiger partial charge in [-0.3, -0.25) is 0 Å². The highest BCUT2D eigenvalue weighted by molar-refractivity contribution is 6.59. The molecule has 1 aliphatic heterocycles. The highest BCUT2D eigenvalue weighted by Crippen LogP contribution is 2.17. The van der Waals surface area contributed by atoms with E-state index in [1.807, 2.05) is 0 Å². The van der Waals surface area contributed by atoms with E-state index in [2.05, 4.69) is 19.8 Å². The van der Waals surface area contributed by atoms with Crippen molar-refractivity contribution in [3.63, 3.8) is 0 Å². The zero-order valence-corrected chi connectivity index (χ0v) is 5.07. The minimum absolute atomic E-state index is 0.931. The van der Waals surface area contributed by atoms with Crippen LogP contribution in [0.4, 0.5) is 0 Å². The molecule has 0 fully saturated rings. The Bertz CT molecular complexity index is 94.4. The Hall–Kier alpha value is -0.195. The Morgan fingerprint density at radius 2 is 2.43 bits per heavy atom. The van der Waals surface area contributed by atoms with Crippen LogP contribution in [0.1, 0.15) is 6.92 Å². The molecule has 0 aromatic carbocycles. The summed E-state index contributed by atoms with van der Waals surface area (Å²) in [5.74, 6) is 0. The molecule has 0 aromatic rings. The summed E-state index contributed by atoms with van der Waals surface area (Å²) in [4.78, 5) is 0. The van der Waals surface area contributed by atoms with Crippen LogP contribution in [0.3, 0.4) is 0 Å². The van der Waals surface area contributed by atoms with E-state index in [0.29, 0.717) is 0 Å². The first kappa shape index (κ1) is 4.95. The van der Waals surface area contributed by atoms with Crippen molar-refractivity contribution in [2.24, 2.45) is 0 Å². The predicted octanol–water partition coefficient (Wildman–Crippen LogP) is 2.07. The molecule has 0 N–H and O–H groups in total. The van der Waals surface area contributed by atoms with Crippen LogP contribution >= 0.6 is 0 Å². The third-order valence-electron chi connectivity index (χ3n) is 1.54. The zero-order chi connectivity index (χ0) is 5.28. The minimum atomic E-state index is 0.931. The second-order valence-corrected chi connectivity index (χ2v) is 2.60. The van der Waals surface area contributed by atoms with Crippen molar-refractivity contribution in [3.8, 4) is 0 Å². The maximum Gasteiger partial charge on any atom is 0.144 e. The number of allylic oxidation sites excluding steroid dienone is 2. The molecule has 0 unspecified atom stereocenters. The molecule has 1 heteroatoms. The number of hydrogen-bond donors (Lipinski definition) is 0. The first-order valence-corrected chi connectivity index (χ1v) is 2.94. The third kappa shape index (κ3) is 1.08. The minimum Gasteiger partial charge on any atom is -0.0935 e. The van der Waals surface area contributed by atoms with E-state index in [-0.39, 0.29) is 0 Å². The van der Waals surface area contributed by atoms with Gasteiger partial charge in [-0.05, 0) is 6.92 Å². The van der Waals surface area contributed by atoms with Crippen molar-refractivity contribution < 1.29 is 0 Å². The molecule has 1 rings (SSSR count). The summed E-state index contributed by atoms with van der Waals surface area (Å²) < 4.78 is 0. The lowest BCUT2D eigenvalue weighted by molar-refractivity contribution is 1.39. The fraction of sp³-hybridized carbons (Fsp3) is 0.667. The van der Waals surface area contributed by atoms with E-state index in [9.17, 15) is 0 Å². The van der Waals surface area contributed by atoms with Gasteiger partial charge in [0.1, 0.15) is 6.71 Å². The average Bonchev–Trinajstić information content (AvgIpc) is 1.87. The average molecular weight is 94.0 g/mol. The zero-order valence-electron chi connectivity index (χ0n) is 5.07. The van der Waals surface area contributed by atoms with Crippen molar-refractivity contribution in [3.05, 3.63) is 11.6 Å². The SMILES string of the molecule is CB1CC=C(C)C1. The molecule has 0 atom stereocenters. The third-order valence-corrected chi connectivity index (χ3v) is 1.54. The topological polar surface area (TPSA) is 0 Å². The van der Waals surface area contributed by atoms with Gasteiger partial charge in [0.05, 0.1) is 0 Å². The Labute approximate surface area is 45.7 Å². The van der Waals surface area contributed by atoms with Crippen molar-refractivity contribution in [1.29, 1.82) is 0 Å². The molecule has 0 saturated carbocycles. The maximum atomic E-state index is 2.34. The first-order valence-electron chi connectivity index (χ1n) is 2.94. The lowest BCUT2D eigenvalue weighted by Crippen LogP contribution is -1.96. The van der Waals surface area contributed by atoms with Crippen LogP contribution in [0.2, 0.25) is 19.5 Å². The normalized spacial score (nSPS) is 20.3. The smallest absolute Gasteiger partial charge is 0.0935 e. The summed E-state index contributed by atoms with van der Waals surface area (Å²) in [5, 5.41) is 0. The molecule has 0 radical (unpaired) electrons. The van der Waals surface area contributed by atoms with E-state index in [1.165, 1.54) is 12.6 Å². The van der Waals surface area contributed by atoms with Crippen molar-refractivity contribution in [1.82, 2.24) is 0 Å². The van der Waals surface area contributed by atoms with Crippen LogP contribution in [0, 0.1) is 0 Å². The highest BCUT2D eigenvalue weighted by atomic mass is 13.9. The van der Waals surface area contributed by atoms with Crippen molar-refractivity contribution >= 4 is 6.71 Å². The van der Waals surface area contributed by atoms with E-state index >= 15 is 0 Å². The summed E-state index contributed by atoms with van der Waals surface area (Å²) in [7, 11) is 0. The van der Waals surface area contributed by atoms with Gasteiger partial charge in [-0.25, -0.2) is 0 Å². The van der Waals surface area contributed by atoms with Crippen LogP contribution < -0.4 is 0 Å². The quantitative estimate of drug-likeness (QED) is 0.318. The van der Waals surface area contributed by atoms with Gasteiger partial charge in [0.2, 0.25) is 0 Å². The fourth-order valence-corrected chi connectivity index (χ4v) is 1.12. The summed E-state index contributed by atoms with van der Waals surface area (Å²) in [6, 6.07) is 0. The molecule has 1 aliphatic rings. The molecule has 0 amide bonds. The van der Waals surface area contributed by atoms with Gasteiger partial charge >= 0.3 is 0 Å². The Kier molecular flexibility index (Phi) is 1.22. The number of hydrogen-bond acceptors (Lipinski definition) is 0. The molecule has 0 bridgehead atoms. The Morgan fingerprint density at radius 1 is 1.71 bits per heavy atom. The Balaban J connectivity index is 2.42. The highest BCUT2D eigenvalue weighted by Gasteiger charge is 2.10. The fourth-order valence-electron chi connectivity index (χ4n) is 1.12. The Morgan fingerprint density at radius 3 is 2.57 bits per heavy atom. The van der Waals surface area contributed by atoms with Gasteiger partial charge in [0.25, 0.3) is 0 Å². The molecule has 0 nitrogen and oxygen atoms in total. The summed E-state index contributed by atoms with van der Waals surface area (Å²) >= 11 is 0. The van der Waals surface area contributed by atoms with Gasteiger partial charge in [-0.2, -0.15) is 0 Å². The maximum absolute atomic E-state index is 2.34. The summed E-state index contributed by atoms with van der Waals surface area (Å²) in [6.07, 6.45) is 4.98. The van der Waals surface area contributed by atoms with Crippen molar-refractivity contribution in [2.75, 3.05) is 0 Å². The van der Waals surface area contributed by atoms with E-state index in [1.54, 1.807) is 5.57 Å². The van der Waals surface area contributed by atoms with Crippen LogP contribution in [0.5, 0.6) is 0 Å². The van der Waals surface area contributed by atoms with Gasteiger partial charge in [0.15, 0.2) is 0 Å². The summed E-state index contributed by atoms with van der Waals surface area (Å²) in [6.45, 7) is 5.44. The molecular formula is C6H11B. The van der Waals surface area contributed by atoms with Crippen molar-refractivity contribution in [2.45, 2.75) is 26.4 Å². The van der Waals surface area contributed by atoms with Crippen LogP contribution in [0.25, 0.3) is 0 Å². The van der Waals surface area contributed by atoms with Crippen LogP contribution in [-0.4, -0.2) is 6.71 Å². The van der Waals surface area contributed by atoms with E-state index < -0.39 is 0 Å². The second-order valence-electron chi connectivity index (χ2n) is 2.60. The second kappa shape index (κ2) is 1.73. The first-order chi connectivity index (χ1) is 3.29. The van der Waals surface area contributed by atoms with E-state index in [0.717, 1.165) is 6.71 Å². The van der Waals surface area contributed by atoms with Crippen LogP contribution in [0.15, 0.2) is 11.6 Å². The van der Waals surface area contributed by atoms with E-state index in [4.69, 9.17) is 0 Å². The monoisotopic (exact) mass is 94.1 g/mol. The molecule has 0 spiro atoms. The largest absolute Gasteiger partial charge is 0.144 e. The molecule has 0 saturated heterocycles. The lowest BCUT2D eigenvalue weighted by atomic mass is 9.50. The molecule has 0 aromatic heterocycles. The lowest BCUT2D eigenvalue weighted by Gasteiger charge is -1.90. The van der Waals surface area contributed by atoms with Crippen LogP contribution in [-0.2, 0) is 0 Å². The standard InChI is InChI=1S/C6H11B/c1-6-3-4-7(2)5-6/h3H,4-5H2,1-2H3. The molecule has 1 heterocycles. The van der Waals surface area contributed by atoms with Gasteiger partial charge in [-0.1, -0.05) is 31.1 Å². The molecule has 7 heavy (non-hydrogen) atoms. The predicted molar refractivity (Wildman–Crippen MR) is 35.0 cm³/mol. The van der Waals surface area contributed by atoms with Gasteiger partial charge < -0.3 is 0 Å². The van der Waals surface area contributed by atoms with Gasteiger partial charge in [0, 0.05) is 0 Å². The van der Waals surface area contributed by atoms with Gasteiger partial charge in [-0.15, -0.1) is 0 Å². The molecule has 38 valence electrons. The molecule has 0 aliphatic carbocycles. The molecular weight excluding hydrogens is 82.9 g/mol.